The van der Waals surface area contributed by atoms with E-state index in [0.29, 0.717) is 30.3 Å². The fraction of sp³-hybridized carbons (Fsp3) is 0.469. The highest BCUT2D eigenvalue weighted by Gasteiger charge is 2.73. The van der Waals surface area contributed by atoms with Gasteiger partial charge in [-0.25, -0.2) is 0 Å². The predicted molar refractivity (Wildman–Crippen MR) is 151 cm³/mol. The average molecular weight is 571 g/mol. The number of phenols is 1. The van der Waals surface area contributed by atoms with E-state index >= 15 is 0 Å². The zero-order chi connectivity index (χ0) is 29.0. The molecule has 218 valence electrons. The predicted octanol–water partition coefficient (Wildman–Crippen LogP) is 3.48. The lowest BCUT2D eigenvalue weighted by Gasteiger charge is -2.62. The van der Waals surface area contributed by atoms with E-state index in [9.17, 15) is 20.1 Å². The Kier molecular flexibility index (Phi) is 5.27. The monoisotopic (exact) mass is 570 g/mol. The van der Waals surface area contributed by atoms with Gasteiger partial charge >= 0.3 is 0 Å². The Balaban J connectivity index is 1.17. The van der Waals surface area contributed by atoms with Crippen molar-refractivity contribution in [3.63, 3.8) is 0 Å². The Morgan fingerprint density at radius 1 is 1.17 bits per heavy atom. The van der Waals surface area contributed by atoms with Gasteiger partial charge in [0.2, 0.25) is 5.82 Å². The summed E-state index contributed by atoms with van der Waals surface area (Å²) in [6, 6.07) is 12.7. The van der Waals surface area contributed by atoms with Crippen LogP contribution in [-0.2, 0) is 22.2 Å². The molecule has 4 atom stereocenters. The van der Waals surface area contributed by atoms with E-state index in [4.69, 9.17) is 9.26 Å². The van der Waals surface area contributed by atoms with Crippen molar-refractivity contribution in [2.75, 3.05) is 13.1 Å². The number of nitrogens with one attached hydrogen (secondary N) is 1. The van der Waals surface area contributed by atoms with Crippen molar-refractivity contribution in [1.29, 1.82) is 0 Å². The van der Waals surface area contributed by atoms with Crippen molar-refractivity contribution in [3.05, 3.63) is 70.8 Å². The third-order valence-electron chi connectivity index (χ3n) is 10.2. The topological polar surface area (TPSA) is 141 Å². The number of phenolic OH excluding ortho intramolecular Hbond substituents is 1. The first kappa shape index (κ1) is 25.8. The molecule has 2 fully saturated rings. The molecule has 1 aromatic heterocycles. The number of aliphatic hydroxyl groups excluding tert-OH is 1. The van der Waals surface area contributed by atoms with E-state index in [0.717, 1.165) is 29.8 Å². The number of nitrogens with zero attached hydrogens (tertiary/aromatic N) is 3. The molecule has 8 rings (SSSR count). The molecule has 2 aliphatic heterocycles. The van der Waals surface area contributed by atoms with Crippen molar-refractivity contribution in [2.45, 2.75) is 74.7 Å². The number of amides is 1. The Bertz CT molecular complexity index is 1650. The molecule has 10 nitrogen and oxygen atoms in total. The van der Waals surface area contributed by atoms with E-state index in [1.165, 1.54) is 12.8 Å². The molecule has 4 N–H and O–H groups in total. The highest BCUT2D eigenvalue weighted by molar-refractivity contribution is 5.95. The number of carbonyl (C=O) groups excluding carboxylic acids is 1. The second-order valence-electron chi connectivity index (χ2n) is 13.2. The highest BCUT2D eigenvalue weighted by atomic mass is 16.5. The van der Waals surface area contributed by atoms with E-state index in [1.807, 2.05) is 36.4 Å². The summed E-state index contributed by atoms with van der Waals surface area (Å²) < 4.78 is 11.9. The third-order valence-corrected chi connectivity index (χ3v) is 10.2. The van der Waals surface area contributed by atoms with E-state index in [-0.39, 0.29) is 35.4 Å². The summed E-state index contributed by atoms with van der Waals surface area (Å²) in [6.45, 7) is 5.16. The molecule has 1 amide bonds. The maximum atomic E-state index is 14.0. The van der Waals surface area contributed by atoms with Crippen LogP contribution in [0.25, 0.3) is 11.4 Å². The Hall–Kier alpha value is -3.89. The Morgan fingerprint density at radius 2 is 1.95 bits per heavy atom. The zero-order valence-electron chi connectivity index (χ0n) is 23.6. The molecule has 2 bridgehead atoms. The molecule has 0 radical (unpaired) electrons. The minimum absolute atomic E-state index is 0.0238. The highest BCUT2D eigenvalue weighted by Crippen LogP contribution is 2.66. The third kappa shape index (κ3) is 3.42. The standard InChI is InChI=1S/C32H34N4O6/c1-30(2,29-33-27(35-42-29)18-6-4-3-5-7-18)34-28(39)20-15-32(40)22-14-19-10-11-21(37)25-23(19)31(32,26(41-25)24(20)38)12-13-36(22)16-17-8-9-17/h3-7,10-11,17,22,26,37-38,40H,8-9,12-16H2,1-2H3,(H,34,39)/t22-,26+,31+,32?/m1/s1. The van der Waals surface area contributed by atoms with Gasteiger partial charge in [-0.1, -0.05) is 41.6 Å². The molecule has 1 spiro atoms. The van der Waals surface area contributed by atoms with Gasteiger partial charge in [0.25, 0.3) is 11.8 Å². The Labute approximate surface area is 243 Å². The van der Waals surface area contributed by atoms with E-state index < -0.39 is 28.6 Å². The smallest absolute Gasteiger partial charge is 0.252 e. The fourth-order valence-electron chi connectivity index (χ4n) is 7.96. The number of benzene rings is 2. The summed E-state index contributed by atoms with van der Waals surface area (Å²) in [5.41, 5.74) is -0.757. The van der Waals surface area contributed by atoms with Gasteiger partial charge in [-0.15, -0.1) is 0 Å². The molecule has 1 unspecified atom stereocenters. The maximum absolute atomic E-state index is 14.0. The number of piperidine rings is 1. The van der Waals surface area contributed by atoms with Crippen molar-refractivity contribution in [3.8, 4) is 22.9 Å². The van der Waals surface area contributed by atoms with Crippen LogP contribution in [0.1, 0.15) is 56.5 Å². The number of aliphatic hydroxyl groups is 2. The number of likely N-dealkylation sites (tertiary alicyclic amines) is 1. The quantitative estimate of drug-likeness (QED) is 0.351. The normalized spacial score (nSPS) is 29.7. The van der Waals surface area contributed by atoms with Crippen molar-refractivity contribution in [2.24, 2.45) is 5.92 Å². The number of aromatic hydroxyl groups is 1. The molecule has 42 heavy (non-hydrogen) atoms. The number of carbonyl (C=O) groups is 1. The fourth-order valence-corrected chi connectivity index (χ4v) is 7.96. The molecule has 10 heteroatoms. The van der Waals surface area contributed by atoms with Crippen LogP contribution < -0.4 is 10.1 Å². The van der Waals surface area contributed by atoms with Crippen LogP contribution in [0.5, 0.6) is 11.5 Å². The van der Waals surface area contributed by atoms with Crippen molar-refractivity contribution in [1.82, 2.24) is 20.4 Å². The lowest BCUT2D eigenvalue weighted by atomic mass is 9.49. The van der Waals surface area contributed by atoms with Crippen LogP contribution in [-0.4, -0.2) is 67.1 Å². The van der Waals surface area contributed by atoms with Gasteiger partial charge in [0.05, 0.1) is 16.6 Å². The molecule has 3 heterocycles. The van der Waals surface area contributed by atoms with Gasteiger partial charge in [-0.2, -0.15) is 4.98 Å². The first-order valence-electron chi connectivity index (χ1n) is 14.7. The molecule has 1 saturated carbocycles. The summed E-state index contributed by atoms with van der Waals surface area (Å²) in [5.74, 6) is 0.777. The first-order chi connectivity index (χ1) is 20.1. The van der Waals surface area contributed by atoms with Gasteiger partial charge in [-0.3, -0.25) is 9.69 Å². The van der Waals surface area contributed by atoms with Gasteiger partial charge in [0.15, 0.2) is 17.6 Å². The van der Waals surface area contributed by atoms with Crippen LogP contribution >= 0.6 is 0 Å². The van der Waals surface area contributed by atoms with Crippen LogP contribution in [0.2, 0.25) is 0 Å². The van der Waals surface area contributed by atoms with Gasteiger partial charge in [0.1, 0.15) is 11.3 Å². The lowest BCUT2D eigenvalue weighted by molar-refractivity contribution is -0.172. The summed E-state index contributed by atoms with van der Waals surface area (Å²) >= 11 is 0. The number of ether oxygens (including phenoxy) is 1. The van der Waals surface area contributed by atoms with Crippen LogP contribution in [0.15, 0.2) is 58.3 Å². The van der Waals surface area contributed by atoms with Crippen LogP contribution in [0, 0.1) is 5.92 Å². The van der Waals surface area contributed by atoms with E-state index in [2.05, 4.69) is 20.4 Å². The number of hydrogen-bond acceptors (Lipinski definition) is 9. The summed E-state index contributed by atoms with van der Waals surface area (Å²) in [6.07, 6.45) is 2.49. The minimum Gasteiger partial charge on any atom is -0.508 e. The average Bonchev–Trinajstić information content (AvgIpc) is 3.48. The SMILES string of the molecule is CC(C)(NC(=O)C1=C(O)[C@@H]2Oc3c(O)ccc4c3[C@@]23CCN(CC2CC2)[C@H](C4)C3(O)C1)c1nc(-c2ccccc2)no1. The lowest BCUT2D eigenvalue weighted by Crippen LogP contribution is -2.76. The van der Waals surface area contributed by atoms with Gasteiger partial charge in [0, 0.05) is 30.1 Å². The van der Waals surface area contributed by atoms with Crippen molar-refractivity contribution >= 4 is 5.91 Å². The summed E-state index contributed by atoms with van der Waals surface area (Å²) in [4.78, 5) is 20.9. The molecule has 3 aliphatic carbocycles. The number of aromatic nitrogens is 2. The molecule has 3 aromatic rings. The maximum Gasteiger partial charge on any atom is 0.252 e. The number of hydrogen-bond donors (Lipinski definition) is 4. The molecule has 5 aliphatic rings. The molecular weight excluding hydrogens is 536 g/mol. The second kappa shape index (κ2) is 8.58. The van der Waals surface area contributed by atoms with Gasteiger partial charge in [-0.05, 0) is 63.6 Å². The largest absolute Gasteiger partial charge is 0.508 e. The molecule has 1 saturated heterocycles. The second-order valence-corrected chi connectivity index (χ2v) is 13.2. The first-order valence-corrected chi connectivity index (χ1v) is 14.7. The minimum atomic E-state index is -1.38. The molecule has 2 aromatic carbocycles. The van der Waals surface area contributed by atoms with Gasteiger partial charge < -0.3 is 29.9 Å². The molecular formula is C32H34N4O6. The summed E-state index contributed by atoms with van der Waals surface area (Å²) in [5, 5.41) is 42.4. The van der Waals surface area contributed by atoms with Crippen molar-refractivity contribution < 1.29 is 29.4 Å². The van der Waals surface area contributed by atoms with E-state index in [1.54, 1.807) is 19.9 Å². The Morgan fingerprint density at radius 3 is 2.71 bits per heavy atom. The zero-order valence-corrected chi connectivity index (χ0v) is 23.6. The number of rotatable bonds is 6. The van der Waals surface area contributed by atoms with Crippen LogP contribution in [0.3, 0.4) is 0 Å². The van der Waals surface area contributed by atoms with Crippen LogP contribution in [0.4, 0.5) is 0 Å². The summed E-state index contributed by atoms with van der Waals surface area (Å²) in [7, 11) is 0.